The van der Waals surface area contributed by atoms with Gasteiger partial charge in [0, 0.05) is 10.0 Å². The lowest BCUT2D eigenvalue weighted by atomic mass is 10.2. The molecular weight excluding hydrogens is 464 g/mol. The maximum absolute atomic E-state index is 12.2. The van der Waals surface area contributed by atoms with Crippen LogP contribution in [0.15, 0.2) is 56.6 Å². The van der Waals surface area contributed by atoms with Crippen molar-refractivity contribution in [1.82, 2.24) is 15.2 Å². The van der Waals surface area contributed by atoms with E-state index in [0.29, 0.717) is 16.2 Å². The number of nitrogens with one attached hydrogen (secondary N) is 1. The lowest BCUT2D eigenvalue weighted by molar-refractivity contribution is -0.113. The smallest absolute Gasteiger partial charge is 0.277 e. The van der Waals surface area contributed by atoms with Crippen LogP contribution in [0.4, 0.5) is 5.13 Å². The molecule has 0 saturated heterocycles. The van der Waals surface area contributed by atoms with Gasteiger partial charge in [0.15, 0.2) is 5.13 Å². The zero-order valence-corrected chi connectivity index (χ0v) is 17.7. The highest BCUT2D eigenvalue weighted by molar-refractivity contribution is 9.10. The zero-order chi connectivity index (χ0) is 19.5. The summed E-state index contributed by atoms with van der Waals surface area (Å²) < 4.78 is 12.7. The van der Waals surface area contributed by atoms with Crippen LogP contribution in [0.3, 0.4) is 0 Å². The summed E-state index contributed by atoms with van der Waals surface area (Å²) in [4.78, 5) is 16.6. The molecule has 0 radical (unpaired) electrons. The molecule has 0 aliphatic carbocycles. The number of ether oxygens (including phenoxy) is 1. The van der Waals surface area contributed by atoms with Gasteiger partial charge in [-0.15, -0.1) is 10.2 Å². The molecule has 2 aromatic heterocycles. The van der Waals surface area contributed by atoms with Crippen LogP contribution in [-0.2, 0) is 4.79 Å². The van der Waals surface area contributed by atoms with Crippen LogP contribution in [0.5, 0.6) is 5.75 Å². The van der Waals surface area contributed by atoms with Gasteiger partial charge in [-0.2, -0.15) is 0 Å². The highest BCUT2D eigenvalue weighted by Crippen LogP contribution is 2.29. The Hall–Kier alpha value is -2.43. The monoisotopic (exact) mass is 476 g/mol. The van der Waals surface area contributed by atoms with Gasteiger partial charge in [-0.3, -0.25) is 4.79 Å². The average Bonchev–Trinajstić information content (AvgIpc) is 3.32. The van der Waals surface area contributed by atoms with E-state index in [1.165, 1.54) is 23.1 Å². The van der Waals surface area contributed by atoms with Crippen LogP contribution in [0.2, 0.25) is 0 Å². The van der Waals surface area contributed by atoms with E-state index >= 15 is 0 Å². The second kappa shape index (κ2) is 8.29. The molecule has 10 heteroatoms. The number of amides is 1. The Balaban J connectivity index is 1.36. The van der Waals surface area contributed by atoms with Gasteiger partial charge in [-0.25, -0.2) is 4.98 Å². The minimum Gasteiger partial charge on any atom is -0.497 e. The fourth-order valence-corrected chi connectivity index (χ4v) is 4.35. The molecule has 2 heterocycles. The maximum atomic E-state index is 12.2. The summed E-state index contributed by atoms with van der Waals surface area (Å²) in [5.41, 5.74) is 1.63. The Morgan fingerprint density at radius 1 is 1.25 bits per heavy atom. The van der Waals surface area contributed by atoms with E-state index in [2.05, 4.69) is 36.4 Å². The molecule has 0 spiro atoms. The number of methoxy groups -OCH3 is 1. The number of fused-ring (bicyclic) bond motifs is 1. The number of hydrogen-bond acceptors (Lipinski definition) is 8. The summed E-state index contributed by atoms with van der Waals surface area (Å²) in [6.45, 7) is 0. The van der Waals surface area contributed by atoms with Crippen molar-refractivity contribution in [2.75, 3.05) is 18.2 Å². The summed E-state index contributed by atoms with van der Waals surface area (Å²) in [5.74, 6) is 1.09. The van der Waals surface area contributed by atoms with Crippen molar-refractivity contribution in [3.8, 4) is 17.2 Å². The number of nitrogens with zero attached hydrogens (tertiary/aromatic N) is 3. The first-order valence-electron chi connectivity index (χ1n) is 8.07. The number of carbonyl (C=O) groups excluding carboxylic acids is 1. The standard InChI is InChI=1S/C18H13BrN4O3S2/c1-25-12-5-2-10(3-6-12)16-22-23-18(26-16)27-9-15(24)21-17-20-13-7-4-11(19)8-14(13)28-17/h2-8H,9H2,1H3,(H,20,21,24). The molecule has 0 fully saturated rings. The Bertz CT molecular complexity index is 1130. The maximum Gasteiger partial charge on any atom is 0.277 e. The molecule has 0 aliphatic rings. The second-order valence-electron chi connectivity index (χ2n) is 5.57. The van der Waals surface area contributed by atoms with Crippen LogP contribution >= 0.6 is 39.0 Å². The number of thioether (sulfide) groups is 1. The van der Waals surface area contributed by atoms with Gasteiger partial charge in [0.25, 0.3) is 5.22 Å². The minimum absolute atomic E-state index is 0.143. The van der Waals surface area contributed by atoms with Crippen molar-refractivity contribution in [2.24, 2.45) is 0 Å². The van der Waals surface area contributed by atoms with Gasteiger partial charge in [0.1, 0.15) is 5.75 Å². The first kappa shape index (κ1) is 18.9. The SMILES string of the molecule is COc1ccc(-c2nnc(SCC(=O)Nc3nc4ccc(Br)cc4s3)o2)cc1. The van der Waals surface area contributed by atoms with Gasteiger partial charge in [0.2, 0.25) is 11.8 Å². The van der Waals surface area contributed by atoms with Gasteiger partial charge in [-0.1, -0.05) is 39.0 Å². The fraction of sp³-hybridized carbons (Fsp3) is 0.111. The number of hydrogen-bond donors (Lipinski definition) is 1. The quantitative estimate of drug-likeness (QED) is 0.397. The third kappa shape index (κ3) is 4.34. The molecule has 0 unspecified atom stereocenters. The molecule has 0 saturated carbocycles. The molecule has 7 nitrogen and oxygen atoms in total. The second-order valence-corrected chi connectivity index (χ2v) is 8.44. The van der Waals surface area contributed by atoms with Gasteiger partial charge in [0.05, 0.1) is 23.1 Å². The van der Waals surface area contributed by atoms with Crippen molar-refractivity contribution < 1.29 is 13.9 Å². The van der Waals surface area contributed by atoms with Gasteiger partial charge in [-0.05, 0) is 42.5 Å². The molecule has 4 rings (SSSR count). The molecule has 4 aromatic rings. The first-order valence-corrected chi connectivity index (χ1v) is 10.7. The lowest BCUT2D eigenvalue weighted by Gasteiger charge is -1.99. The molecule has 0 atom stereocenters. The third-order valence-electron chi connectivity index (χ3n) is 3.67. The number of benzene rings is 2. The van der Waals surface area contributed by atoms with E-state index in [-0.39, 0.29) is 11.7 Å². The topological polar surface area (TPSA) is 90.1 Å². The number of aromatic nitrogens is 3. The molecular formula is C18H13BrN4O3S2. The summed E-state index contributed by atoms with van der Waals surface area (Å²) in [6.07, 6.45) is 0. The molecule has 0 aliphatic heterocycles. The summed E-state index contributed by atoms with van der Waals surface area (Å²) >= 11 is 6.02. The predicted molar refractivity (Wildman–Crippen MR) is 113 cm³/mol. The van der Waals surface area contributed by atoms with Crippen molar-refractivity contribution in [2.45, 2.75) is 5.22 Å². The Labute approximate surface area is 176 Å². The third-order valence-corrected chi connectivity index (χ3v) is 5.91. The molecule has 1 N–H and O–H groups in total. The minimum atomic E-state index is -0.188. The van der Waals surface area contributed by atoms with Crippen molar-refractivity contribution in [3.05, 3.63) is 46.9 Å². The van der Waals surface area contributed by atoms with Crippen molar-refractivity contribution >= 4 is 60.3 Å². The highest BCUT2D eigenvalue weighted by atomic mass is 79.9. The highest BCUT2D eigenvalue weighted by Gasteiger charge is 2.13. The Morgan fingerprint density at radius 2 is 2.07 bits per heavy atom. The van der Waals surface area contributed by atoms with Crippen LogP contribution in [0.1, 0.15) is 0 Å². The van der Waals surface area contributed by atoms with Crippen molar-refractivity contribution in [3.63, 3.8) is 0 Å². The van der Waals surface area contributed by atoms with Gasteiger partial charge < -0.3 is 14.5 Å². The van der Waals surface area contributed by atoms with E-state index in [1.807, 2.05) is 42.5 Å². The molecule has 0 bridgehead atoms. The zero-order valence-electron chi connectivity index (χ0n) is 14.5. The first-order chi connectivity index (χ1) is 13.6. The molecule has 28 heavy (non-hydrogen) atoms. The normalized spacial score (nSPS) is 10.9. The van der Waals surface area contributed by atoms with Crippen molar-refractivity contribution in [1.29, 1.82) is 0 Å². The van der Waals surface area contributed by atoms with Gasteiger partial charge >= 0.3 is 0 Å². The van der Waals surface area contributed by atoms with Crippen LogP contribution in [0, 0.1) is 0 Å². The number of thiazole rings is 1. The van der Waals surface area contributed by atoms with E-state index in [9.17, 15) is 4.79 Å². The number of anilines is 1. The summed E-state index contributed by atoms with van der Waals surface area (Å²) in [5, 5.41) is 11.7. The van der Waals surface area contributed by atoms with Crippen LogP contribution in [-0.4, -0.2) is 34.0 Å². The summed E-state index contributed by atoms with van der Waals surface area (Å²) in [6, 6.07) is 13.1. The predicted octanol–water partition coefficient (Wildman–Crippen LogP) is 4.85. The number of carbonyl (C=O) groups is 1. The Morgan fingerprint density at radius 3 is 2.86 bits per heavy atom. The Kier molecular flexibility index (Phi) is 5.60. The van der Waals surface area contributed by atoms with Crippen LogP contribution in [0.25, 0.3) is 21.7 Å². The van der Waals surface area contributed by atoms with E-state index in [0.717, 1.165) is 26.0 Å². The van der Waals surface area contributed by atoms with Crippen LogP contribution < -0.4 is 10.1 Å². The lowest BCUT2D eigenvalue weighted by Crippen LogP contribution is -2.13. The van der Waals surface area contributed by atoms with E-state index < -0.39 is 0 Å². The largest absolute Gasteiger partial charge is 0.497 e. The van der Waals surface area contributed by atoms with E-state index in [4.69, 9.17) is 9.15 Å². The fourth-order valence-electron chi connectivity index (χ4n) is 2.35. The number of halogens is 1. The molecule has 2 aromatic carbocycles. The summed E-state index contributed by atoms with van der Waals surface area (Å²) in [7, 11) is 1.61. The van der Waals surface area contributed by atoms with E-state index in [1.54, 1.807) is 7.11 Å². The number of rotatable bonds is 6. The molecule has 142 valence electrons. The molecule has 1 amide bonds. The average molecular weight is 477 g/mol.